The Kier molecular flexibility index (Phi) is 4.08. The van der Waals surface area contributed by atoms with E-state index < -0.39 is 21.4 Å². The Morgan fingerprint density at radius 2 is 2.00 bits per heavy atom. The van der Waals surface area contributed by atoms with Gasteiger partial charge in [-0.15, -0.1) is 0 Å². The van der Waals surface area contributed by atoms with Crippen molar-refractivity contribution in [2.24, 2.45) is 0 Å². The van der Waals surface area contributed by atoms with Gasteiger partial charge in [-0.05, 0) is 44.5 Å². The van der Waals surface area contributed by atoms with Crippen LogP contribution < -0.4 is 5.32 Å². The lowest BCUT2D eigenvalue weighted by atomic mass is 10.0. The first-order valence-electron chi connectivity index (χ1n) is 6.70. The summed E-state index contributed by atoms with van der Waals surface area (Å²) in [6.45, 7) is 5.41. The number of amides is 1. The maximum Gasteiger partial charge on any atom is 0.243 e. The molecule has 1 aliphatic heterocycles. The van der Waals surface area contributed by atoms with Crippen molar-refractivity contribution in [3.05, 3.63) is 29.6 Å². The summed E-state index contributed by atoms with van der Waals surface area (Å²) in [5.41, 5.74) is -0.556. The van der Waals surface area contributed by atoms with Gasteiger partial charge in [0.1, 0.15) is 5.82 Å². The maximum atomic E-state index is 13.3. The Hall–Kier alpha value is -1.47. The van der Waals surface area contributed by atoms with Crippen molar-refractivity contribution in [3.8, 4) is 0 Å². The summed E-state index contributed by atoms with van der Waals surface area (Å²) in [5.74, 6) is -0.617. The van der Waals surface area contributed by atoms with Gasteiger partial charge in [-0.1, -0.05) is 0 Å². The van der Waals surface area contributed by atoms with Gasteiger partial charge < -0.3 is 5.32 Å². The van der Waals surface area contributed by atoms with Crippen molar-refractivity contribution >= 4 is 15.9 Å². The summed E-state index contributed by atoms with van der Waals surface area (Å²) >= 11 is 0. The Labute approximate surface area is 124 Å². The van der Waals surface area contributed by atoms with E-state index >= 15 is 0 Å². The number of nitrogens with zero attached hydrogens (tertiary/aromatic N) is 1. The van der Waals surface area contributed by atoms with Crippen molar-refractivity contribution in [1.82, 2.24) is 9.62 Å². The molecule has 1 saturated heterocycles. The van der Waals surface area contributed by atoms with Crippen LogP contribution in [0.3, 0.4) is 0 Å². The second kappa shape index (κ2) is 5.38. The van der Waals surface area contributed by atoms with Crippen molar-refractivity contribution in [2.45, 2.75) is 37.6 Å². The van der Waals surface area contributed by atoms with Gasteiger partial charge in [-0.2, -0.15) is 4.31 Å². The molecule has 0 aliphatic carbocycles. The van der Waals surface area contributed by atoms with E-state index in [2.05, 4.69) is 5.32 Å². The average Bonchev–Trinajstić information content (AvgIpc) is 2.49. The minimum absolute atomic E-state index is 0.0452. The second-order valence-electron chi connectivity index (χ2n) is 5.83. The molecule has 0 radical (unpaired) electrons. The van der Waals surface area contributed by atoms with Crippen molar-refractivity contribution in [1.29, 1.82) is 0 Å². The molecule has 1 aliphatic rings. The first-order valence-corrected chi connectivity index (χ1v) is 8.14. The van der Waals surface area contributed by atoms with E-state index in [0.29, 0.717) is 0 Å². The van der Waals surface area contributed by atoms with Crippen LogP contribution in [0.25, 0.3) is 0 Å². The first kappa shape index (κ1) is 15.9. The van der Waals surface area contributed by atoms with Crippen LogP contribution >= 0.6 is 0 Å². The molecule has 0 spiro atoms. The Balaban J connectivity index is 2.46. The quantitative estimate of drug-likeness (QED) is 0.898. The van der Waals surface area contributed by atoms with Gasteiger partial charge in [0.05, 0.1) is 4.90 Å². The van der Waals surface area contributed by atoms with Crippen molar-refractivity contribution in [2.75, 3.05) is 13.1 Å². The predicted octanol–water partition coefficient (Wildman–Crippen LogP) is 1.42. The van der Waals surface area contributed by atoms with E-state index in [4.69, 9.17) is 0 Å². The molecule has 2 rings (SSSR count). The Morgan fingerprint density at radius 3 is 2.62 bits per heavy atom. The lowest BCUT2D eigenvalue weighted by molar-refractivity contribution is -0.121. The fourth-order valence-electron chi connectivity index (χ4n) is 2.49. The predicted molar refractivity (Wildman–Crippen MR) is 76.7 cm³/mol. The number of hydrogen-bond acceptors (Lipinski definition) is 3. The highest BCUT2D eigenvalue weighted by molar-refractivity contribution is 7.89. The van der Waals surface area contributed by atoms with Gasteiger partial charge in [0.2, 0.25) is 15.9 Å². The fraction of sp³-hybridized carbons (Fsp3) is 0.500. The second-order valence-corrected chi connectivity index (χ2v) is 7.69. The molecule has 7 heteroatoms. The molecule has 0 aromatic heterocycles. The van der Waals surface area contributed by atoms with Crippen LogP contribution in [0.4, 0.5) is 4.39 Å². The molecule has 1 heterocycles. The molecule has 1 amide bonds. The third kappa shape index (κ3) is 3.08. The molecule has 116 valence electrons. The molecular weight excluding hydrogens is 295 g/mol. The molecule has 1 fully saturated rings. The van der Waals surface area contributed by atoms with Crippen LogP contribution in [0, 0.1) is 12.7 Å². The molecule has 5 nitrogen and oxygen atoms in total. The normalized spacial score (nSPS) is 19.9. The molecule has 1 aromatic rings. The van der Waals surface area contributed by atoms with Crippen LogP contribution in [0.5, 0.6) is 0 Å². The number of rotatable bonds is 2. The average molecular weight is 314 g/mol. The minimum atomic E-state index is -3.78. The zero-order valence-electron chi connectivity index (χ0n) is 12.3. The monoisotopic (exact) mass is 314 g/mol. The van der Waals surface area contributed by atoms with Gasteiger partial charge >= 0.3 is 0 Å². The minimum Gasteiger partial charge on any atom is -0.355 e. The number of nitrogens with one attached hydrogen (secondary N) is 1. The van der Waals surface area contributed by atoms with Gasteiger partial charge in [0, 0.05) is 25.0 Å². The summed E-state index contributed by atoms with van der Waals surface area (Å²) in [5, 5.41) is 2.67. The van der Waals surface area contributed by atoms with E-state index in [9.17, 15) is 17.6 Å². The molecular formula is C14H19FN2O3S. The van der Waals surface area contributed by atoms with E-state index in [1.165, 1.54) is 23.4 Å². The van der Waals surface area contributed by atoms with E-state index in [-0.39, 0.29) is 35.9 Å². The number of sulfonamides is 1. The molecule has 21 heavy (non-hydrogen) atoms. The summed E-state index contributed by atoms with van der Waals surface area (Å²) in [6, 6.07) is 3.73. The molecule has 0 bridgehead atoms. The fourth-order valence-corrected chi connectivity index (χ4v) is 4.36. The molecule has 1 aromatic carbocycles. The van der Waals surface area contributed by atoms with E-state index in [1.807, 2.05) is 0 Å². The van der Waals surface area contributed by atoms with Crippen LogP contribution in [0.2, 0.25) is 0 Å². The number of aryl methyl sites for hydroxylation is 1. The summed E-state index contributed by atoms with van der Waals surface area (Å²) in [7, 11) is -3.78. The van der Waals surface area contributed by atoms with Crippen LogP contribution in [0.15, 0.2) is 23.1 Å². The largest absolute Gasteiger partial charge is 0.355 e. The summed E-state index contributed by atoms with van der Waals surface area (Å²) in [6.07, 6.45) is 0.0897. The van der Waals surface area contributed by atoms with Crippen LogP contribution in [-0.2, 0) is 14.8 Å². The zero-order chi connectivity index (χ0) is 15.8. The number of carbonyl (C=O) groups is 1. The third-order valence-corrected chi connectivity index (χ3v) is 5.73. The highest BCUT2D eigenvalue weighted by Crippen LogP contribution is 2.28. The molecule has 0 unspecified atom stereocenters. The Bertz CT molecular complexity index is 671. The Morgan fingerprint density at radius 1 is 1.33 bits per heavy atom. The number of carbonyl (C=O) groups excluding carboxylic acids is 1. The maximum absolute atomic E-state index is 13.3. The summed E-state index contributed by atoms with van der Waals surface area (Å²) < 4.78 is 40.2. The molecule has 0 saturated carbocycles. The first-order chi connectivity index (χ1) is 9.64. The van der Waals surface area contributed by atoms with Gasteiger partial charge in [-0.3, -0.25) is 4.79 Å². The number of halogens is 1. The lowest BCUT2D eigenvalue weighted by Gasteiger charge is -2.34. The summed E-state index contributed by atoms with van der Waals surface area (Å²) in [4.78, 5) is 11.7. The van der Waals surface area contributed by atoms with E-state index in [1.54, 1.807) is 13.8 Å². The van der Waals surface area contributed by atoms with Crippen molar-refractivity contribution < 1.29 is 17.6 Å². The highest BCUT2D eigenvalue weighted by atomic mass is 32.2. The standard InChI is InChI=1S/C14H19FN2O3S/c1-10-8-11(4-5-12(10)15)21(19,20)17-7-6-16-13(18)9-14(17,2)3/h4-5,8H,6-7,9H2,1-3H3,(H,16,18). The molecule has 1 N–H and O–H groups in total. The zero-order valence-corrected chi connectivity index (χ0v) is 13.1. The van der Waals surface area contributed by atoms with Gasteiger partial charge in [-0.25, -0.2) is 12.8 Å². The van der Waals surface area contributed by atoms with E-state index in [0.717, 1.165) is 6.07 Å². The number of hydrogen-bond donors (Lipinski definition) is 1. The number of benzene rings is 1. The SMILES string of the molecule is Cc1cc(S(=O)(=O)N2CCNC(=O)CC2(C)C)ccc1F. The lowest BCUT2D eigenvalue weighted by Crippen LogP contribution is -2.48. The topological polar surface area (TPSA) is 66.5 Å². The molecule has 0 atom stereocenters. The smallest absolute Gasteiger partial charge is 0.243 e. The van der Waals surface area contributed by atoms with Gasteiger partial charge in [0.25, 0.3) is 0 Å². The van der Waals surface area contributed by atoms with Crippen LogP contribution in [-0.4, -0.2) is 37.3 Å². The van der Waals surface area contributed by atoms with Crippen molar-refractivity contribution in [3.63, 3.8) is 0 Å². The van der Waals surface area contributed by atoms with Crippen LogP contribution in [0.1, 0.15) is 25.8 Å². The highest BCUT2D eigenvalue weighted by Gasteiger charge is 2.40. The third-order valence-electron chi connectivity index (χ3n) is 3.62. The van der Waals surface area contributed by atoms with Gasteiger partial charge in [0.15, 0.2) is 0 Å².